The molecule has 90 valence electrons. The summed E-state index contributed by atoms with van der Waals surface area (Å²) in [6.07, 6.45) is 0. The van der Waals surface area contributed by atoms with Gasteiger partial charge in [0, 0.05) is 17.0 Å². The third-order valence-electron chi connectivity index (χ3n) is 2.30. The Morgan fingerprint density at radius 3 is 2.71 bits per heavy atom. The van der Waals surface area contributed by atoms with E-state index in [2.05, 4.69) is 34.6 Å². The van der Waals surface area contributed by atoms with Crippen molar-refractivity contribution in [2.24, 2.45) is 5.73 Å². The first-order valence-electron chi connectivity index (χ1n) is 5.54. The van der Waals surface area contributed by atoms with Crippen molar-refractivity contribution in [3.8, 4) is 11.4 Å². The van der Waals surface area contributed by atoms with Crippen molar-refractivity contribution in [3.05, 3.63) is 24.3 Å². The van der Waals surface area contributed by atoms with E-state index in [1.807, 2.05) is 23.9 Å². The van der Waals surface area contributed by atoms with E-state index < -0.39 is 0 Å². The van der Waals surface area contributed by atoms with E-state index in [0.717, 1.165) is 17.1 Å². The number of aromatic nitrogens is 4. The van der Waals surface area contributed by atoms with Crippen molar-refractivity contribution in [1.29, 1.82) is 0 Å². The van der Waals surface area contributed by atoms with Gasteiger partial charge in [-0.05, 0) is 28.3 Å². The monoisotopic (exact) mass is 249 g/mol. The van der Waals surface area contributed by atoms with E-state index in [9.17, 15) is 0 Å². The Morgan fingerprint density at radius 1 is 1.29 bits per heavy atom. The molecule has 0 radical (unpaired) electrons. The third kappa shape index (κ3) is 2.83. The summed E-state index contributed by atoms with van der Waals surface area (Å²) < 4.78 is 1.72. The van der Waals surface area contributed by atoms with Gasteiger partial charge in [0.15, 0.2) is 5.82 Å². The van der Waals surface area contributed by atoms with Crippen LogP contribution in [-0.4, -0.2) is 32.5 Å². The zero-order valence-electron chi connectivity index (χ0n) is 9.71. The zero-order chi connectivity index (χ0) is 12.1. The quantitative estimate of drug-likeness (QED) is 0.811. The number of nitrogens with two attached hydrogens (primary N) is 1. The number of rotatable bonds is 5. The third-order valence-corrected chi connectivity index (χ3v) is 3.19. The summed E-state index contributed by atoms with van der Waals surface area (Å²) in [5.41, 5.74) is 6.53. The zero-order valence-corrected chi connectivity index (χ0v) is 10.5. The molecule has 0 saturated carbocycles. The molecule has 0 bridgehead atoms. The molecule has 2 rings (SSSR count). The minimum atomic E-state index is 0.530. The molecule has 6 heteroatoms. The molecule has 0 fully saturated rings. The fourth-order valence-corrected chi connectivity index (χ4v) is 2.21. The Balaban J connectivity index is 2.23. The molecule has 2 N–H and O–H groups in total. The maximum atomic E-state index is 5.51. The van der Waals surface area contributed by atoms with Crippen LogP contribution in [0, 0.1) is 0 Å². The standard InChI is InChI=1S/C11H15N5S/c1-2-17-10-5-3-9(4-6-10)11-13-14-15-16(11)8-7-12/h3-6H,2,7-8,12H2,1H3. The SMILES string of the molecule is CCSc1ccc(-c2nnnn2CCN)cc1. The first-order valence-corrected chi connectivity index (χ1v) is 6.53. The van der Waals surface area contributed by atoms with Crippen LogP contribution < -0.4 is 5.73 Å². The van der Waals surface area contributed by atoms with E-state index in [1.165, 1.54) is 4.90 Å². The average molecular weight is 249 g/mol. The Hall–Kier alpha value is -1.40. The lowest BCUT2D eigenvalue weighted by molar-refractivity contribution is 0.603. The van der Waals surface area contributed by atoms with Gasteiger partial charge in [-0.2, -0.15) is 0 Å². The molecular formula is C11H15N5S. The Morgan fingerprint density at radius 2 is 2.06 bits per heavy atom. The number of benzene rings is 1. The van der Waals surface area contributed by atoms with E-state index in [-0.39, 0.29) is 0 Å². The molecule has 0 unspecified atom stereocenters. The predicted molar refractivity (Wildman–Crippen MR) is 68.7 cm³/mol. The number of hydrogen-bond donors (Lipinski definition) is 1. The average Bonchev–Trinajstić information content (AvgIpc) is 2.79. The number of hydrogen-bond acceptors (Lipinski definition) is 5. The second-order valence-corrected chi connectivity index (χ2v) is 4.81. The number of nitrogens with zero attached hydrogens (tertiary/aromatic N) is 4. The summed E-state index contributed by atoms with van der Waals surface area (Å²) in [5, 5.41) is 11.6. The van der Waals surface area contributed by atoms with Crippen molar-refractivity contribution in [2.75, 3.05) is 12.3 Å². The summed E-state index contributed by atoms with van der Waals surface area (Å²) in [6.45, 7) is 3.30. The van der Waals surface area contributed by atoms with Crippen LogP contribution in [0.3, 0.4) is 0 Å². The highest BCUT2D eigenvalue weighted by molar-refractivity contribution is 7.99. The highest BCUT2D eigenvalue weighted by atomic mass is 32.2. The van der Waals surface area contributed by atoms with E-state index in [0.29, 0.717) is 13.1 Å². The van der Waals surface area contributed by atoms with Gasteiger partial charge in [-0.1, -0.05) is 19.1 Å². The number of thioether (sulfide) groups is 1. The molecule has 17 heavy (non-hydrogen) atoms. The number of tetrazole rings is 1. The van der Waals surface area contributed by atoms with Crippen LogP contribution in [0.1, 0.15) is 6.92 Å². The van der Waals surface area contributed by atoms with Crippen LogP contribution >= 0.6 is 11.8 Å². The van der Waals surface area contributed by atoms with Gasteiger partial charge in [-0.3, -0.25) is 0 Å². The molecule has 0 aliphatic carbocycles. The fraction of sp³-hybridized carbons (Fsp3) is 0.364. The summed E-state index contributed by atoms with van der Waals surface area (Å²) in [7, 11) is 0. The van der Waals surface area contributed by atoms with Crippen molar-refractivity contribution < 1.29 is 0 Å². The summed E-state index contributed by atoms with van der Waals surface area (Å²) in [5.74, 6) is 1.84. The molecule has 1 aromatic carbocycles. The highest BCUT2D eigenvalue weighted by Gasteiger charge is 2.07. The van der Waals surface area contributed by atoms with Gasteiger partial charge in [-0.15, -0.1) is 16.9 Å². The van der Waals surface area contributed by atoms with Crippen LogP contribution in [0.15, 0.2) is 29.2 Å². The maximum Gasteiger partial charge on any atom is 0.182 e. The van der Waals surface area contributed by atoms with E-state index >= 15 is 0 Å². The first-order chi connectivity index (χ1) is 8.35. The minimum absolute atomic E-state index is 0.530. The molecule has 2 aromatic rings. The van der Waals surface area contributed by atoms with Gasteiger partial charge in [0.1, 0.15) is 0 Å². The topological polar surface area (TPSA) is 69.6 Å². The molecule has 0 spiro atoms. The molecule has 0 aliphatic rings. The lowest BCUT2D eigenvalue weighted by atomic mass is 10.2. The smallest absolute Gasteiger partial charge is 0.182 e. The van der Waals surface area contributed by atoms with E-state index in [1.54, 1.807) is 4.68 Å². The van der Waals surface area contributed by atoms with Crippen LogP contribution in [0.5, 0.6) is 0 Å². The molecule has 1 aromatic heterocycles. The minimum Gasteiger partial charge on any atom is -0.329 e. The van der Waals surface area contributed by atoms with Gasteiger partial charge in [-0.25, -0.2) is 4.68 Å². The summed E-state index contributed by atoms with van der Waals surface area (Å²) >= 11 is 1.82. The van der Waals surface area contributed by atoms with Crippen LogP contribution in [0.25, 0.3) is 11.4 Å². The lowest BCUT2D eigenvalue weighted by Gasteiger charge is -2.03. The van der Waals surface area contributed by atoms with Crippen LogP contribution in [0.4, 0.5) is 0 Å². The second kappa shape index (κ2) is 5.79. The maximum absolute atomic E-state index is 5.51. The normalized spacial score (nSPS) is 10.7. The Bertz CT molecular complexity index is 465. The van der Waals surface area contributed by atoms with Gasteiger partial charge >= 0.3 is 0 Å². The molecule has 5 nitrogen and oxygen atoms in total. The molecule has 0 amide bonds. The van der Waals surface area contributed by atoms with Crippen molar-refractivity contribution in [3.63, 3.8) is 0 Å². The molecule has 0 atom stereocenters. The van der Waals surface area contributed by atoms with Crippen molar-refractivity contribution >= 4 is 11.8 Å². The Kier molecular flexibility index (Phi) is 4.11. The largest absolute Gasteiger partial charge is 0.329 e. The molecular weight excluding hydrogens is 234 g/mol. The molecule has 1 heterocycles. The Labute approximate surface area is 104 Å². The first kappa shape index (κ1) is 12.1. The second-order valence-electron chi connectivity index (χ2n) is 3.47. The van der Waals surface area contributed by atoms with Gasteiger partial charge in [0.2, 0.25) is 0 Å². The predicted octanol–water partition coefficient (Wildman–Crippen LogP) is 1.41. The molecule has 0 aliphatic heterocycles. The van der Waals surface area contributed by atoms with Gasteiger partial charge in [0.05, 0.1) is 6.54 Å². The van der Waals surface area contributed by atoms with Gasteiger partial charge in [0.25, 0.3) is 0 Å². The van der Waals surface area contributed by atoms with Gasteiger partial charge < -0.3 is 5.73 Å². The van der Waals surface area contributed by atoms with E-state index in [4.69, 9.17) is 5.73 Å². The highest BCUT2D eigenvalue weighted by Crippen LogP contribution is 2.22. The lowest BCUT2D eigenvalue weighted by Crippen LogP contribution is -2.12. The van der Waals surface area contributed by atoms with Crippen LogP contribution in [0.2, 0.25) is 0 Å². The summed E-state index contributed by atoms with van der Waals surface area (Å²) in [6, 6.07) is 8.25. The summed E-state index contributed by atoms with van der Waals surface area (Å²) in [4.78, 5) is 1.26. The fourth-order valence-electron chi connectivity index (χ4n) is 1.55. The van der Waals surface area contributed by atoms with Crippen molar-refractivity contribution in [1.82, 2.24) is 20.2 Å². The van der Waals surface area contributed by atoms with Crippen LogP contribution in [-0.2, 0) is 6.54 Å². The van der Waals surface area contributed by atoms with Crippen molar-refractivity contribution in [2.45, 2.75) is 18.4 Å². The molecule has 0 saturated heterocycles.